The molecule has 1 aromatic carbocycles. The van der Waals surface area contributed by atoms with Gasteiger partial charge in [0, 0.05) is 61.5 Å². The highest BCUT2D eigenvalue weighted by atomic mass is 16.5. The lowest BCUT2D eigenvalue weighted by Gasteiger charge is -2.37. The molecule has 1 saturated heterocycles. The van der Waals surface area contributed by atoms with Crippen molar-refractivity contribution in [1.82, 2.24) is 14.8 Å². The van der Waals surface area contributed by atoms with Crippen molar-refractivity contribution in [3.63, 3.8) is 0 Å². The van der Waals surface area contributed by atoms with Crippen LogP contribution in [0.25, 0.3) is 10.9 Å². The molecule has 0 atom stereocenters. The number of aromatic nitrogens is 3. The van der Waals surface area contributed by atoms with Gasteiger partial charge in [0.1, 0.15) is 0 Å². The van der Waals surface area contributed by atoms with Crippen LogP contribution in [0.15, 0.2) is 23.1 Å². The number of rotatable bonds is 8. The fourth-order valence-electron chi connectivity index (χ4n) is 5.41. The standard InChI is InChI=1S/C27H36N4O3/c1-6-20-22(25(32)9-8-21-17(3)14-18(4)29-27(21)33)15-24-23(16-28-30(24)5)26(20)31(7-2)19-10-12-34-13-11-19/h14-16,19H,6-13H2,1-5H3,(H,29,33). The molecule has 3 heterocycles. The third-order valence-electron chi connectivity index (χ3n) is 7.14. The molecule has 7 heteroatoms. The van der Waals surface area contributed by atoms with Gasteiger partial charge < -0.3 is 14.6 Å². The summed E-state index contributed by atoms with van der Waals surface area (Å²) >= 11 is 0. The highest BCUT2D eigenvalue weighted by molar-refractivity contribution is 6.06. The largest absolute Gasteiger partial charge is 0.381 e. The number of fused-ring (bicyclic) bond motifs is 1. The van der Waals surface area contributed by atoms with Crippen LogP contribution in [0, 0.1) is 13.8 Å². The number of aryl methyl sites for hydroxylation is 3. The van der Waals surface area contributed by atoms with E-state index in [1.165, 1.54) is 0 Å². The van der Waals surface area contributed by atoms with Crippen molar-refractivity contribution < 1.29 is 9.53 Å². The van der Waals surface area contributed by atoms with Crippen molar-refractivity contribution in [1.29, 1.82) is 0 Å². The maximum Gasteiger partial charge on any atom is 0.251 e. The monoisotopic (exact) mass is 464 g/mol. The number of hydrogen-bond donors (Lipinski definition) is 1. The molecule has 1 aliphatic heterocycles. The molecule has 0 radical (unpaired) electrons. The Balaban J connectivity index is 1.76. The molecule has 1 N–H and O–H groups in total. The summed E-state index contributed by atoms with van der Waals surface area (Å²) in [6.45, 7) is 10.5. The second-order valence-electron chi connectivity index (χ2n) is 9.30. The molecule has 0 saturated carbocycles. The van der Waals surface area contributed by atoms with Gasteiger partial charge in [-0.15, -0.1) is 0 Å². The Morgan fingerprint density at radius 1 is 1.21 bits per heavy atom. The minimum atomic E-state index is -0.0968. The molecule has 182 valence electrons. The fraction of sp³-hybridized carbons (Fsp3) is 0.519. The number of carbonyl (C=O) groups excluding carboxylic acids is 1. The normalized spacial score (nSPS) is 14.6. The smallest absolute Gasteiger partial charge is 0.251 e. The Bertz CT molecular complexity index is 1250. The molecule has 4 rings (SSSR count). The number of H-pyrrole nitrogens is 1. The summed E-state index contributed by atoms with van der Waals surface area (Å²) in [4.78, 5) is 31.4. The molecule has 3 aromatic rings. The minimum Gasteiger partial charge on any atom is -0.381 e. The number of nitrogens with one attached hydrogen (secondary N) is 1. The molecule has 0 unspecified atom stereocenters. The summed E-state index contributed by atoms with van der Waals surface area (Å²) in [5.74, 6) is 0.0728. The first kappa shape index (κ1) is 24.2. The van der Waals surface area contributed by atoms with Gasteiger partial charge in [-0.05, 0) is 69.7 Å². The zero-order chi connectivity index (χ0) is 24.4. The Hall–Kier alpha value is -2.93. The third kappa shape index (κ3) is 4.53. The number of aromatic amines is 1. The van der Waals surface area contributed by atoms with Crippen LogP contribution in [0.1, 0.15) is 65.9 Å². The van der Waals surface area contributed by atoms with E-state index in [0.717, 1.165) is 78.0 Å². The van der Waals surface area contributed by atoms with E-state index >= 15 is 0 Å². The van der Waals surface area contributed by atoms with Crippen molar-refractivity contribution in [2.24, 2.45) is 7.05 Å². The van der Waals surface area contributed by atoms with Gasteiger partial charge in [0.15, 0.2) is 5.78 Å². The second kappa shape index (κ2) is 10.1. The summed E-state index contributed by atoms with van der Waals surface area (Å²) in [6.07, 6.45) is 5.37. The molecule has 0 aliphatic carbocycles. The van der Waals surface area contributed by atoms with E-state index in [9.17, 15) is 9.59 Å². The van der Waals surface area contributed by atoms with Gasteiger partial charge in [0.25, 0.3) is 5.56 Å². The zero-order valence-electron chi connectivity index (χ0n) is 21.0. The van der Waals surface area contributed by atoms with Crippen LogP contribution in [0.2, 0.25) is 0 Å². The summed E-state index contributed by atoms with van der Waals surface area (Å²) in [5, 5.41) is 5.62. The lowest BCUT2D eigenvalue weighted by molar-refractivity contribution is 0.0846. The number of nitrogens with zero attached hydrogens (tertiary/aromatic N) is 3. The van der Waals surface area contributed by atoms with Crippen LogP contribution in [0.5, 0.6) is 0 Å². The quantitative estimate of drug-likeness (QED) is 0.504. The highest BCUT2D eigenvalue weighted by Gasteiger charge is 2.27. The predicted octanol–water partition coefficient (Wildman–Crippen LogP) is 4.26. The molecule has 0 amide bonds. The van der Waals surface area contributed by atoms with Gasteiger partial charge in [-0.3, -0.25) is 14.3 Å². The van der Waals surface area contributed by atoms with Gasteiger partial charge in [-0.1, -0.05) is 6.92 Å². The average molecular weight is 465 g/mol. The van der Waals surface area contributed by atoms with Crippen LogP contribution in [-0.2, 0) is 24.6 Å². The van der Waals surface area contributed by atoms with Crippen molar-refractivity contribution in [3.8, 4) is 0 Å². The Kier molecular flexibility index (Phi) is 7.22. The maximum absolute atomic E-state index is 13.6. The maximum atomic E-state index is 13.6. The van der Waals surface area contributed by atoms with E-state index in [-0.39, 0.29) is 11.3 Å². The number of pyridine rings is 1. The molecule has 0 bridgehead atoms. The van der Waals surface area contributed by atoms with Gasteiger partial charge in [0.2, 0.25) is 0 Å². The van der Waals surface area contributed by atoms with E-state index in [4.69, 9.17) is 4.74 Å². The second-order valence-corrected chi connectivity index (χ2v) is 9.30. The molecule has 7 nitrogen and oxygen atoms in total. The molecule has 1 aliphatic rings. The predicted molar refractivity (Wildman–Crippen MR) is 136 cm³/mol. The van der Waals surface area contributed by atoms with Gasteiger partial charge in [0.05, 0.1) is 17.4 Å². The van der Waals surface area contributed by atoms with E-state index in [1.54, 1.807) is 0 Å². The van der Waals surface area contributed by atoms with Gasteiger partial charge >= 0.3 is 0 Å². The average Bonchev–Trinajstić information content (AvgIpc) is 3.19. The van der Waals surface area contributed by atoms with Crippen LogP contribution in [-0.4, -0.2) is 46.3 Å². The number of hydrogen-bond acceptors (Lipinski definition) is 5. The number of carbonyl (C=O) groups is 1. The topological polar surface area (TPSA) is 80.2 Å². The molecule has 34 heavy (non-hydrogen) atoms. The first-order chi connectivity index (χ1) is 16.3. The summed E-state index contributed by atoms with van der Waals surface area (Å²) < 4.78 is 7.46. The minimum absolute atomic E-state index is 0.0728. The van der Waals surface area contributed by atoms with Crippen LogP contribution in [0.4, 0.5) is 5.69 Å². The van der Waals surface area contributed by atoms with E-state index in [1.807, 2.05) is 43.9 Å². The van der Waals surface area contributed by atoms with Crippen LogP contribution >= 0.6 is 0 Å². The van der Waals surface area contributed by atoms with Crippen molar-refractivity contribution >= 4 is 22.4 Å². The Labute approximate surface area is 201 Å². The van der Waals surface area contributed by atoms with Crippen molar-refractivity contribution in [2.45, 2.75) is 65.8 Å². The van der Waals surface area contributed by atoms with E-state index in [2.05, 4.69) is 28.8 Å². The fourth-order valence-corrected chi connectivity index (χ4v) is 5.41. The first-order valence-electron chi connectivity index (χ1n) is 12.4. The lowest BCUT2D eigenvalue weighted by Crippen LogP contribution is -2.40. The number of ketones is 1. The Morgan fingerprint density at radius 3 is 2.59 bits per heavy atom. The zero-order valence-corrected chi connectivity index (χ0v) is 21.0. The SMILES string of the molecule is CCc1c(C(=O)CCc2c(C)cc(C)[nH]c2=O)cc2c(cnn2C)c1N(CC)C1CCOCC1. The van der Waals surface area contributed by atoms with Gasteiger partial charge in [-0.2, -0.15) is 5.10 Å². The molecule has 1 fully saturated rings. The van der Waals surface area contributed by atoms with Crippen molar-refractivity contribution in [2.75, 3.05) is 24.7 Å². The number of ether oxygens (including phenoxy) is 1. The van der Waals surface area contributed by atoms with E-state index < -0.39 is 0 Å². The third-order valence-corrected chi connectivity index (χ3v) is 7.14. The van der Waals surface area contributed by atoms with Gasteiger partial charge in [-0.25, -0.2) is 0 Å². The molecular formula is C27H36N4O3. The van der Waals surface area contributed by atoms with Crippen LogP contribution < -0.4 is 10.5 Å². The molecule has 0 spiro atoms. The van der Waals surface area contributed by atoms with Crippen molar-refractivity contribution in [3.05, 3.63) is 56.6 Å². The first-order valence-corrected chi connectivity index (χ1v) is 12.4. The highest BCUT2D eigenvalue weighted by Crippen LogP contribution is 2.37. The number of benzene rings is 1. The molecule has 2 aromatic heterocycles. The number of Topliss-reactive ketones (excluding diaryl/α,β-unsaturated/α-hetero) is 1. The molecular weight excluding hydrogens is 428 g/mol. The van der Waals surface area contributed by atoms with Crippen LogP contribution in [0.3, 0.4) is 0 Å². The number of anilines is 1. The summed E-state index contributed by atoms with van der Waals surface area (Å²) in [5.41, 5.74) is 6.29. The summed E-state index contributed by atoms with van der Waals surface area (Å²) in [7, 11) is 1.92. The van der Waals surface area contributed by atoms with E-state index in [0.29, 0.717) is 24.4 Å². The Morgan fingerprint density at radius 2 is 1.94 bits per heavy atom. The summed E-state index contributed by atoms with van der Waals surface area (Å²) in [6, 6.07) is 4.34. The lowest BCUT2D eigenvalue weighted by atomic mass is 9.92.